The molecule has 6 nitrogen and oxygen atoms in total. The van der Waals surface area contributed by atoms with Gasteiger partial charge in [0, 0.05) is 12.0 Å². The number of unbranched alkanes of at least 4 members (excludes halogenated alkanes) is 4. The van der Waals surface area contributed by atoms with Crippen LogP contribution in [0.15, 0.2) is 22.8 Å². The quantitative estimate of drug-likeness (QED) is 0.483. The lowest BCUT2D eigenvalue weighted by atomic mass is 10.1. The fourth-order valence-corrected chi connectivity index (χ4v) is 2.18. The summed E-state index contributed by atoms with van der Waals surface area (Å²) in [6.45, 7) is 7.74. The number of hydrogen-bond acceptors (Lipinski definition) is 4. The van der Waals surface area contributed by atoms with Crippen LogP contribution < -0.4 is 11.1 Å². The first kappa shape index (κ1) is 18.9. The fraction of sp³-hybridized carbons (Fsp3) is 0.588. The molecule has 1 aromatic rings. The molecule has 0 saturated carbocycles. The average Bonchev–Trinajstić information content (AvgIpc) is 3.00. The van der Waals surface area contributed by atoms with Gasteiger partial charge in [-0.15, -0.1) is 0 Å². The molecule has 0 bridgehead atoms. The second-order valence-electron chi connectivity index (χ2n) is 5.58. The van der Waals surface area contributed by atoms with Gasteiger partial charge in [0.05, 0.1) is 5.69 Å². The summed E-state index contributed by atoms with van der Waals surface area (Å²) in [6.07, 6.45) is 7.90. The molecule has 1 atom stereocenters. The highest BCUT2D eigenvalue weighted by Gasteiger charge is 2.25. The summed E-state index contributed by atoms with van der Waals surface area (Å²) in [5.41, 5.74) is 6.10. The van der Waals surface area contributed by atoms with Crippen molar-refractivity contribution in [2.75, 3.05) is 0 Å². The van der Waals surface area contributed by atoms with E-state index in [9.17, 15) is 9.59 Å². The lowest BCUT2D eigenvalue weighted by Crippen LogP contribution is -2.33. The standard InChI is InChI=1S/C17H27N3O3/c1-4-6-7-8-9-10-14(21)20-15(12(3)16(18)22)17-19-13(5-2)11-23-17/h11,15H,3-10H2,1-2H3,(H2,18,22)(H,20,21)/t15-/m1/s1. The minimum absolute atomic E-state index is 0.0637. The zero-order valence-electron chi connectivity index (χ0n) is 14.1. The van der Waals surface area contributed by atoms with Crippen molar-refractivity contribution in [2.24, 2.45) is 5.73 Å². The van der Waals surface area contributed by atoms with Crippen LogP contribution in [0, 0.1) is 0 Å². The first-order valence-corrected chi connectivity index (χ1v) is 8.21. The number of amides is 2. The van der Waals surface area contributed by atoms with Gasteiger partial charge >= 0.3 is 0 Å². The molecule has 3 N–H and O–H groups in total. The summed E-state index contributed by atoms with van der Waals surface area (Å²) in [4.78, 5) is 27.8. The van der Waals surface area contributed by atoms with Crippen LogP contribution in [0.4, 0.5) is 0 Å². The minimum Gasteiger partial charge on any atom is -0.446 e. The van der Waals surface area contributed by atoms with Gasteiger partial charge in [-0.3, -0.25) is 9.59 Å². The highest BCUT2D eigenvalue weighted by molar-refractivity contribution is 5.93. The molecule has 1 rings (SSSR count). The molecule has 23 heavy (non-hydrogen) atoms. The number of hydrogen-bond donors (Lipinski definition) is 2. The Morgan fingerprint density at radius 3 is 2.57 bits per heavy atom. The van der Waals surface area contributed by atoms with E-state index >= 15 is 0 Å². The number of carbonyl (C=O) groups excluding carboxylic acids is 2. The van der Waals surface area contributed by atoms with E-state index in [-0.39, 0.29) is 17.4 Å². The Labute approximate surface area is 137 Å². The zero-order valence-corrected chi connectivity index (χ0v) is 14.1. The molecule has 128 valence electrons. The maximum Gasteiger partial charge on any atom is 0.246 e. The van der Waals surface area contributed by atoms with Crippen LogP contribution in [-0.4, -0.2) is 16.8 Å². The van der Waals surface area contributed by atoms with Crippen LogP contribution in [0.3, 0.4) is 0 Å². The number of carbonyl (C=O) groups is 2. The highest BCUT2D eigenvalue weighted by atomic mass is 16.3. The molecule has 0 aliphatic heterocycles. The van der Waals surface area contributed by atoms with E-state index < -0.39 is 11.9 Å². The van der Waals surface area contributed by atoms with Crippen molar-refractivity contribution in [1.82, 2.24) is 10.3 Å². The van der Waals surface area contributed by atoms with Crippen LogP contribution in [0.25, 0.3) is 0 Å². The summed E-state index contributed by atoms with van der Waals surface area (Å²) in [5, 5.41) is 2.75. The first-order valence-electron chi connectivity index (χ1n) is 8.21. The molecule has 0 unspecified atom stereocenters. The fourth-order valence-electron chi connectivity index (χ4n) is 2.18. The van der Waals surface area contributed by atoms with Crippen molar-refractivity contribution in [3.05, 3.63) is 30.0 Å². The second-order valence-corrected chi connectivity index (χ2v) is 5.58. The molecule has 2 amide bonds. The third-order valence-electron chi connectivity index (χ3n) is 3.66. The van der Waals surface area contributed by atoms with E-state index in [2.05, 4.69) is 23.8 Å². The number of oxazole rings is 1. The monoisotopic (exact) mass is 321 g/mol. The maximum absolute atomic E-state index is 12.1. The van der Waals surface area contributed by atoms with Crippen LogP contribution >= 0.6 is 0 Å². The van der Waals surface area contributed by atoms with Crippen LogP contribution in [-0.2, 0) is 16.0 Å². The van der Waals surface area contributed by atoms with Gasteiger partial charge in [0.25, 0.3) is 0 Å². The Morgan fingerprint density at radius 1 is 1.30 bits per heavy atom. The van der Waals surface area contributed by atoms with E-state index in [4.69, 9.17) is 10.2 Å². The van der Waals surface area contributed by atoms with E-state index in [0.29, 0.717) is 12.8 Å². The molecule has 1 heterocycles. The molecular weight excluding hydrogens is 294 g/mol. The Hall–Kier alpha value is -2.11. The third-order valence-corrected chi connectivity index (χ3v) is 3.66. The van der Waals surface area contributed by atoms with E-state index in [1.54, 1.807) is 0 Å². The summed E-state index contributed by atoms with van der Waals surface area (Å²) in [5.74, 6) is -0.607. The van der Waals surface area contributed by atoms with Gasteiger partial charge in [-0.2, -0.15) is 0 Å². The maximum atomic E-state index is 12.1. The molecule has 6 heteroatoms. The SMILES string of the molecule is C=C(C(N)=O)[C@@H](NC(=O)CCCCCCC)c1nc(CC)co1. The summed E-state index contributed by atoms with van der Waals surface area (Å²) >= 11 is 0. The first-order chi connectivity index (χ1) is 11.0. The number of aromatic nitrogens is 1. The summed E-state index contributed by atoms with van der Waals surface area (Å²) in [7, 11) is 0. The number of nitrogens with zero attached hydrogens (tertiary/aromatic N) is 1. The van der Waals surface area contributed by atoms with Crippen LogP contribution in [0.1, 0.15) is 70.0 Å². The van der Waals surface area contributed by atoms with Crippen molar-refractivity contribution in [3.8, 4) is 0 Å². The Morgan fingerprint density at radius 2 is 2.00 bits per heavy atom. The molecule has 0 fully saturated rings. The number of aryl methyl sites for hydroxylation is 1. The highest BCUT2D eigenvalue weighted by Crippen LogP contribution is 2.20. The number of primary amides is 1. The van der Waals surface area contributed by atoms with Crippen molar-refractivity contribution in [2.45, 2.75) is 64.8 Å². The molecule has 0 saturated heterocycles. The van der Waals surface area contributed by atoms with Gasteiger partial charge in [0.15, 0.2) is 0 Å². The molecule has 0 aliphatic rings. The zero-order chi connectivity index (χ0) is 17.2. The van der Waals surface area contributed by atoms with Crippen molar-refractivity contribution in [1.29, 1.82) is 0 Å². The van der Waals surface area contributed by atoms with Gasteiger partial charge in [-0.05, 0) is 12.8 Å². The lowest BCUT2D eigenvalue weighted by Gasteiger charge is -2.16. The van der Waals surface area contributed by atoms with Gasteiger partial charge in [0.2, 0.25) is 17.7 Å². The predicted molar refractivity (Wildman–Crippen MR) is 88.5 cm³/mol. The van der Waals surface area contributed by atoms with E-state index in [1.807, 2.05) is 6.92 Å². The molecular formula is C17H27N3O3. The molecule has 1 aromatic heterocycles. The summed E-state index contributed by atoms with van der Waals surface area (Å²) < 4.78 is 5.35. The smallest absolute Gasteiger partial charge is 0.246 e. The van der Waals surface area contributed by atoms with Gasteiger partial charge in [0.1, 0.15) is 12.3 Å². The normalized spacial score (nSPS) is 11.9. The molecule has 0 aliphatic carbocycles. The Bertz CT molecular complexity index is 537. The summed E-state index contributed by atoms with van der Waals surface area (Å²) in [6, 6.07) is -0.809. The third kappa shape index (κ3) is 6.26. The Balaban J connectivity index is 2.64. The Kier molecular flexibility index (Phi) is 8.08. The molecule has 0 radical (unpaired) electrons. The van der Waals surface area contributed by atoms with Gasteiger partial charge < -0.3 is 15.5 Å². The largest absolute Gasteiger partial charge is 0.446 e. The van der Waals surface area contributed by atoms with E-state index in [1.165, 1.54) is 12.7 Å². The number of nitrogens with two attached hydrogens (primary N) is 1. The molecule has 0 spiro atoms. The lowest BCUT2D eigenvalue weighted by molar-refractivity contribution is -0.122. The van der Waals surface area contributed by atoms with Crippen LogP contribution in [0.5, 0.6) is 0 Å². The number of nitrogens with one attached hydrogen (secondary N) is 1. The predicted octanol–water partition coefficient (Wildman–Crippen LogP) is 2.80. The second kappa shape index (κ2) is 9.82. The van der Waals surface area contributed by atoms with Gasteiger partial charge in [-0.1, -0.05) is 46.1 Å². The van der Waals surface area contributed by atoms with Crippen molar-refractivity contribution < 1.29 is 14.0 Å². The van der Waals surface area contributed by atoms with Crippen molar-refractivity contribution >= 4 is 11.8 Å². The van der Waals surface area contributed by atoms with Crippen molar-refractivity contribution in [3.63, 3.8) is 0 Å². The topological polar surface area (TPSA) is 98.2 Å². The minimum atomic E-state index is -0.809. The van der Waals surface area contributed by atoms with Crippen LogP contribution in [0.2, 0.25) is 0 Å². The van der Waals surface area contributed by atoms with Gasteiger partial charge in [-0.25, -0.2) is 4.98 Å². The van der Waals surface area contributed by atoms with E-state index in [0.717, 1.165) is 31.4 Å². The average molecular weight is 321 g/mol. The number of rotatable bonds is 11. The molecule has 0 aromatic carbocycles.